The van der Waals surface area contributed by atoms with Crippen molar-refractivity contribution in [1.29, 1.82) is 0 Å². The summed E-state index contributed by atoms with van der Waals surface area (Å²) in [5.74, 6) is 0.627. The summed E-state index contributed by atoms with van der Waals surface area (Å²) in [6, 6.07) is 8.25. The predicted molar refractivity (Wildman–Crippen MR) is 121 cm³/mol. The number of amides is 1. The van der Waals surface area contributed by atoms with Gasteiger partial charge in [0.25, 0.3) is 5.91 Å². The molecule has 4 rings (SSSR count). The molecule has 0 spiro atoms. The standard InChI is InChI=1S/C25H27F3N4O3/c1-15(2)24-30-19-11-10-16(13-21(19)35-24)20(33)9-6-12-29-23(34)18-14-32(17-7-4-3-5-8-17)31-22(18)25(26,27)28/h3-5,7-8,14-16H,6,9-13H2,1-2H3,(H,29,34). The topological polar surface area (TPSA) is 90.0 Å². The van der Waals surface area contributed by atoms with Crippen LogP contribution in [0.25, 0.3) is 5.69 Å². The lowest BCUT2D eigenvalue weighted by Gasteiger charge is -2.19. The summed E-state index contributed by atoms with van der Waals surface area (Å²) < 4.78 is 47.3. The van der Waals surface area contributed by atoms with Crippen LogP contribution in [0.1, 0.15) is 72.4 Å². The quantitative estimate of drug-likeness (QED) is 0.456. The molecule has 10 heteroatoms. The number of oxazole rings is 1. The summed E-state index contributed by atoms with van der Waals surface area (Å²) in [7, 11) is 0. The van der Waals surface area contributed by atoms with Crippen molar-refractivity contribution in [2.45, 2.75) is 58.0 Å². The molecule has 1 aromatic carbocycles. The van der Waals surface area contributed by atoms with E-state index in [0.29, 0.717) is 37.3 Å². The SMILES string of the molecule is CC(C)c1nc2c(o1)CC(C(=O)CCCNC(=O)c1cn(-c3ccccc3)nc1C(F)(F)F)CC2. The van der Waals surface area contributed by atoms with Gasteiger partial charge in [0.2, 0.25) is 0 Å². The minimum atomic E-state index is -4.78. The van der Waals surface area contributed by atoms with Gasteiger partial charge in [0.15, 0.2) is 11.6 Å². The zero-order valence-electron chi connectivity index (χ0n) is 19.6. The Labute approximate surface area is 200 Å². The molecule has 0 radical (unpaired) electrons. The maximum absolute atomic E-state index is 13.5. The minimum absolute atomic E-state index is 0.0558. The second kappa shape index (κ2) is 10.1. The number of para-hydroxylation sites is 1. The van der Waals surface area contributed by atoms with Crippen molar-refractivity contribution in [2.75, 3.05) is 6.54 Å². The lowest BCUT2D eigenvalue weighted by molar-refractivity contribution is -0.141. The fraction of sp³-hybridized carbons (Fsp3) is 0.440. The molecule has 0 aliphatic heterocycles. The number of hydrogen-bond donors (Lipinski definition) is 1. The third kappa shape index (κ3) is 5.63. The summed E-state index contributed by atoms with van der Waals surface area (Å²) in [4.78, 5) is 29.7. The summed E-state index contributed by atoms with van der Waals surface area (Å²) in [5, 5.41) is 6.08. The number of alkyl halides is 3. The van der Waals surface area contributed by atoms with Crippen LogP contribution < -0.4 is 5.32 Å². The molecular formula is C25H27F3N4O3. The van der Waals surface area contributed by atoms with Crippen LogP contribution in [0.15, 0.2) is 40.9 Å². The maximum Gasteiger partial charge on any atom is 0.435 e. The molecule has 0 saturated heterocycles. The van der Waals surface area contributed by atoms with Crippen LogP contribution in [0.4, 0.5) is 13.2 Å². The van der Waals surface area contributed by atoms with Crippen LogP contribution >= 0.6 is 0 Å². The van der Waals surface area contributed by atoms with Gasteiger partial charge in [-0.05, 0) is 31.4 Å². The van der Waals surface area contributed by atoms with Gasteiger partial charge in [0.1, 0.15) is 11.5 Å². The fourth-order valence-electron chi connectivity index (χ4n) is 4.14. The lowest BCUT2D eigenvalue weighted by Crippen LogP contribution is -2.28. The monoisotopic (exact) mass is 488 g/mol. The average Bonchev–Trinajstić information content (AvgIpc) is 3.47. The van der Waals surface area contributed by atoms with Crippen LogP contribution in [0.3, 0.4) is 0 Å². The highest BCUT2D eigenvalue weighted by Crippen LogP contribution is 2.32. The van der Waals surface area contributed by atoms with Crippen LogP contribution in [-0.2, 0) is 23.8 Å². The molecule has 3 aromatic rings. The van der Waals surface area contributed by atoms with Crippen LogP contribution in [0, 0.1) is 5.92 Å². The number of ketones is 1. The molecule has 0 saturated carbocycles. The number of nitrogens with zero attached hydrogens (tertiary/aromatic N) is 3. The molecule has 1 amide bonds. The van der Waals surface area contributed by atoms with E-state index in [1.54, 1.807) is 30.3 Å². The Bertz CT molecular complexity index is 1200. The largest absolute Gasteiger partial charge is 0.445 e. The maximum atomic E-state index is 13.5. The molecule has 1 unspecified atom stereocenters. The van der Waals surface area contributed by atoms with Gasteiger partial charge >= 0.3 is 6.18 Å². The van der Waals surface area contributed by atoms with Crippen molar-refractivity contribution in [2.24, 2.45) is 5.92 Å². The van der Waals surface area contributed by atoms with Gasteiger partial charge in [-0.3, -0.25) is 9.59 Å². The Morgan fingerprint density at radius 1 is 1.23 bits per heavy atom. The molecule has 7 nitrogen and oxygen atoms in total. The van der Waals surface area contributed by atoms with Crippen molar-refractivity contribution in [3.63, 3.8) is 0 Å². The van der Waals surface area contributed by atoms with Crippen LogP contribution in [0.2, 0.25) is 0 Å². The van der Waals surface area contributed by atoms with E-state index in [4.69, 9.17) is 4.42 Å². The first kappa shape index (κ1) is 24.7. The van der Waals surface area contributed by atoms with Gasteiger partial charge in [0.05, 0.1) is 16.9 Å². The second-order valence-corrected chi connectivity index (χ2v) is 9.01. The molecule has 2 aromatic heterocycles. The lowest BCUT2D eigenvalue weighted by atomic mass is 9.85. The highest BCUT2D eigenvalue weighted by atomic mass is 19.4. The Balaban J connectivity index is 1.32. The van der Waals surface area contributed by atoms with E-state index in [2.05, 4.69) is 15.4 Å². The van der Waals surface area contributed by atoms with Gasteiger partial charge in [-0.1, -0.05) is 32.0 Å². The molecule has 35 heavy (non-hydrogen) atoms. The molecular weight excluding hydrogens is 461 g/mol. The number of carbonyl (C=O) groups excluding carboxylic acids is 2. The average molecular weight is 489 g/mol. The Kier molecular flexibility index (Phi) is 7.09. The van der Waals surface area contributed by atoms with Crippen LogP contribution in [-0.4, -0.2) is 33.0 Å². The third-order valence-electron chi connectivity index (χ3n) is 6.04. The van der Waals surface area contributed by atoms with Crippen molar-refractivity contribution >= 4 is 11.7 Å². The van der Waals surface area contributed by atoms with E-state index in [1.165, 1.54) is 0 Å². The molecule has 1 aliphatic rings. The predicted octanol–water partition coefficient (Wildman–Crippen LogP) is 4.89. The Morgan fingerprint density at radius 3 is 2.66 bits per heavy atom. The number of hydrogen-bond acceptors (Lipinski definition) is 5. The number of nitrogens with one attached hydrogen (secondary N) is 1. The minimum Gasteiger partial charge on any atom is -0.445 e. The molecule has 1 N–H and O–H groups in total. The highest BCUT2D eigenvalue weighted by Gasteiger charge is 2.39. The van der Waals surface area contributed by atoms with Crippen LogP contribution in [0.5, 0.6) is 0 Å². The van der Waals surface area contributed by atoms with E-state index in [9.17, 15) is 22.8 Å². The number of aryl methyl sites for hydroxylation is 1. The van der Waals surface area contributed by atoms with Crippen molar-refractivity contribution < 1.29 is 27.2 Å². The van der Waals surface area contributed by atoms with Gasteiger partial charge in [-0.2, -0.15) is 18.3 Å². The Morgan fingerprint density at radius 2 is 1.97 bits per heavy atom. The summed E-state index contributed by atoms with van der Waals surface area (Å²) in [6.07, 6.45) is -1.27. The molecule has 0 fully saturated rings. The van der Waals surface area contributed by atoms with Gasteiger partial charge in [-0.15, -0.1) is 0 Å². The first-order valence-corrected chi connectivity index (χ1v) is 11.6. The highest BCUT2D eigenvalue weighted by molar-refractivity contribution is 5.95. The number of rotatable bonds is 8. The smallest absolute Gasteiger partial charge is 0.435 e. The van der Waals surface area contributed by atoms with E-state index >= 15 is 0 Å². The molecule has 1 aliphatic carbocycles. The molecule has 1 atom stereocenters. The third-order valence-corrected chi connectivity index (χ3v) is 6.04. The van der Waals surface area contributed by atoms with E-state index in [0.717, 1.165) is 22.3 Å². The van der Waals surface area contributed by atoms with Crippen molar-refractivity contribution in [1.82, 2.24) is 20.1 Å². The zero-order chi connectivity index (χ0) is 25.2. The van der Waals surface area contributed by atoms with E-state index in [-0.39, 0.29) is 30.6 Å². The number of fused-ring (bicyclic) bond motifs is 1. The number of Topliss-reactive ketones (excluding diaryl/α,β-unsaturated/α-hetero) is 1. The molecule has 0 bridgehead atoms. The zero-order valence-corrected chi connectivity index (χ0v) is 19.6. The second-order valence-electron chi connectivity index (χ2n) is 9.01. The van der Waals surface area contributed by atoms with Crippen molar-refractivity contribution in [3.8, 4) is 5.69 Å². The summed E-state index contributed by atoms with van der Waals surface area (Å²) >= 11 is 0. The van der Waals surface area contributed by atoms with Crippen molar-refractivity contribution in [3.05, 3.63) is 65.1 Å². The first-order valence-electron chi connectivity index (χ1n) is 11.6. The van der Waals surface area contributed by atoms with E-state index in [1.807, 2.05) is 13.8 Å². The van der Waals surface area contributed by atoms with Gasteiger partial charge < -0.3 is 9.73 Å². The number of carbonyl (C=O) groups is 2. The molecule has 2 heterocycles. The van der Waals surface area contributed by atoms with E-state index < -0.39 is 23.3 Å². The van der Waals surface area contributed by atoms with Gasteiger partial charge in [-0.25, -0.2) is 9.67 Å². The number of benzene rings is 1. The number of halogens is 3. The Hall–Kier alpha value is -3.43. The normalized spacial score (nSPS) is 15.8. The molecule has 186 valence electrons. The first-order chi connectivity index (χ1) is 16.6. The summed E-state index contributed by atoms with van der Waals surface area (Å²) in [5.41, 5.74) is -0.480. The fourth-order valence-corrected chi connectivity index (χ4v) is 4.14. The summed E-state index contributed by atoms with van der Waals surface area (Å²) in [6.45, 7) is 4.08. The van der Waals surface area contributed by atoms with Gasteiger partial charge in [0, 0.05) is 37.4 Å². The number of aromatic nitrogens is 3.